The van der Waals surface area contributed by atoms with E-state index in [1.54, 1.807) is 30.8 Å². The van der Waals surface area contributed by atoms with E-state index in [0.29, 0.717) is 44.3 Å². The summed E-state index contributed by atoms with van der Waals surface area (Å²) < 4.78 is 27.2. The second kappa shape index (κ2) is 11.2. The molecule has 0 spiro atoms. The average Bonchev–Trinajstić information content (AvgIpc) is 3.14. The molecule has 1 aromatic heterocycles. The van der Waals surface area contributed by atoms with Crippen LogP contribution in [-0.4, -0.2) is 52.2 Å². The van der Waals surface area contributed by atoms with Gasteiger partial charge in [0.05, 0.1) is 29.2 Å². The number of aryl methyl sites for hydroxylation is 1. The molecule has 0 saturated heterocycles. The molecule has 0 amide bonds. The zero-order valence-corrected chi connectivity index (χ0v) is 19.5. The van der Waals surface area contributed by atoms with Crippen molar-refractivity contribution in [2.24, 2.45) is 0 Å². The first-order valence-corrected chi connectivity index (χ1v) is 11.0. The van der Waals surface area contributed by atoms with Gasteiger partial charge in [0.2, 0.25) is 5.88 Å². The first kappa shape index (κ1) is 24.6. The van der Waals surface area contributed by atoms with Gasteiger partial charge >= 0.3 is 0 Å². The Morgan fingerprint density at radius 1 is 1.21 bits per heavy atom. The summed E-state index contributed by atoms with van der Waals surface area (Å²) in [6.07, 6.45) is 2.22. The van der Waals surface area contributed by atoms with Crippen LogP contribution < -0.4 is 4.74 Å². The van der Waals surface area contributed by atoms with E-state index in [2.05, 4.69) is 11.5 Å². The zero-order chi connectivity index (χ0) is 23.8. The molecule has 0 bridgehead atoms. The topological polar surface area (TPSA) is 59.8 Å². The zero-order valence-electron chi connectivity index (χ0n) is 19.5. The van der Waals surface area contributed by atoms with E-state index in [1.807, 2.05) is 37.3 Å². The smallest absolute Gasteiger partial charge is 0.227 e. The van der Waals surface area contributed by atoms with Gasteiger partial charge in [-0.1, -0.05) is 37.3 Å². The van der Waals surface area contributed by atoms with Crippen LogP contribution in [0.15, 0.2) is 67.3 Å². The van der Waals surface area contributed by atoms with E-state index in [4.69, 9.17) is 14.6 Å². The lowest BCUT2D eigenvalue weighted by molar-refractivity contribution is 0.0462. The van der Waals surface area contributed by atoms with Gasteiger partial charge in [-0.2, -0.15) is 5.10 Å². The number of methoxy groups -OCH3 is 1. The Labute approximate surface area is 194 Å². The van der Waals surface area contributed by atoms with Gasteiger partial charge in [-0.15, -0.1) is 6.58 Å². The number of hydrogen-bond donors (Lipinski definition) is 1. The van der Waals surface area contributed by atoms with Crippen molar-refractivity contribution in [3.8, 4) is 17.3 Å². The summed E-state index contributed by atoms with van der Waals surface area (Å²) in [4.78, 5) is 2.08. The van der Waals surface area contributed by atoms with Crippen LogP contribution in [-0.2, 0) is 17.7 Å². The lowest BCUT2D eigenvalue weighted by Crippen LogP contribution is -2.40. The molecule has 2 aromatic carbocycles. The molecule has 1 unspecified atom stereocenters. The Hall–Kier alpha value is -3.00. The quantitative estimate of drug-likeness (QED) is 0.401. The molecule has 3 aromatic rings. The Balaban J connectivity index is 2.07. The van der Waals surface area contributed by atoms with Crippen molar-refractivity contribution in [2.45, 2.75) is 32.4 Å². The van der Waals surface area contributed by atoms with Crippen LogP contribution >= 0.6 is 0 Å². The molecule has 176 valence electrons. The third-order valence-electron chi connectivity index (χ3n) is 5.34. The molecular formula is C26H32FN3O3. The van der Waals surface area contributed by atoms with Gasteiger partial charge < -0.3 is 14.6 Å². The van der Waals surface area contributed by atoms with Crippen LogP contribution in [0.2, 0.25) is 0 Å². The Morgan fingerprint density at radius 2 is 1.97 bits per heavy atom. The van der Waals surface area contributed by atoms with Crippen molar-refractivity contribution < 1.29 is 19.0 Å². The Morgan fingerprint density at radius 3 is 2.61 bits per heavy atom. The van der Waals surface area contributed by atoms with E-state index in [-0.39, 0.29) is 5.82 Å². The highest BCUT2D eigenvalue weighted by atomic mass is 19.1. The minimum atomic E-state index is -1.07. The van der Waals surface area contributed by atoms with E-state index in [1.165, 1.54) is 18.2 Å². The molecule has 7 heteroatoms. The number of rotatable bonds is 12. The van der Waals surface area contributed by atoms with Crippen LogP contribution in [0.5, 0.6) is 11.6 Å². The summed E-state index contributed by atoms with van der Waals surface area (Å²) >= 11 is 0. The van der Waals surface area contributed by atoms with Crippen LogP contribution in [0.25, 0.3) is 5.69 Å². The molecule has 0 aliphatic heterocycles. The molecule has 0 aliphatic rings. The molecule has 1 atom stereocenters. The summed E-state index contributed by atoms with van der Waals surface area (Å²) in [6.45, 7) is 9.43. The molecule has 0 radical (unpaired) electrons. The van der Waals surface area contributed by atoms with Gasteiger partial charge in [-0.25, -0.2) is 9.07 Å². The van der Waals surface area contributed by atoms with Crippen molar-refractivity contribution in [1.29, 1.82) is 0 Å². The third-order valence-corrected chi connectivity index (χ3v) is 5.34. The molecule has 0 fully saturated rings. The summed E-state index contributed by atoms with van der Waals surface area (Å²) in [5, 5.41) is 15.4. The number of aromatic nitrogens is 2. The lowest BCUT2D eigenvalue weighted by atomic mass is 10.1. The standard InChI is InChI=1S/C26H32FN3O3/c1-5-24-23(18-29(15-16-32-4)19-26(3,31)6-2)25(33-22-14-10-11-20(27)17-22)30(28-24)21-12-8-7-9-13-21/h6-14,17,31H,2,5,15-16,18-19H2,1,3-4H3. The number of aliphatic hydroxyl groups is 1. The maximum atomic E-state index is 13.9. The molecular weight excluding hydrogens is 421 g/mol. The first-order valence-electron chi connectivity index (χ1n) is 11.0. The first-order chi connectivity index (χ1) is 15.9. The van der Waals surface area contributed by atoms with Crippen molar-refractivity contribution in [1.82, 2.24) is 14.7 Å². The predicted molar refractivity (Wildman–Crippen MR) is 127 cm³/mol. The van der Waals surface area contributed by atoms with Gasteiger partial charge in [0.1, 0.15) is 11.6 Å². The maximum absolute atomic E-state index is 13.9. The number of nitrogens with zero attached hydrogens (tertiary/aromatic N) is 3. The molecule has 0 saturated carbocycles. The van der Waals surface area contributed by atoms with Gasteiger partial charge in [0, 0.05) is 32.8 Å². The number of para-hydroxylation sites is 1. The van der Waals surface area contributed by atoms with Gasteiger partial charge in [0.25, 0.3) is 0 Å². The maximum Gasteiger partial charge on any atom is 0.227 e. The fraction of sp³-hybridized carbons (Fsp3) is 0.346. The summed E-state index contributed by atoms with van der Waals surface area (Å²) in [6, 6.07) is 15.7. The number of hydrogen-bond acceptors (Lipinski definition) is 5. The normalized spacial score (nSPS) is 13.2. The largest absolute Gasteiger partial charge is 0.438 e. The Bertz CT molecular complexity index is 1050. The second-order valence-electron chi connectivity index (χ2n) is 8.16. The fourth-order valence-electron chi connectivity index (χ4n) is 3.59. The number of halogens is 1. The molecule has 1 N–H and O–H groups in total. The van der Waals surface area contributed by atoms with Crippen LogP contribution in [0, 0.1) is 5.82 Å². The highest BCUT2D eigenvalue weighted by Crippen LogP contribution is 2.32. The predicted octanol–water partition coefficient (Wildman–Crippen LogP) is 4.75. The van der Waals surface area contributed by atoms with Crippen molar-refractivity contribution in [3.05, 3.63) is 84.3 Å². The number of ether oxygens (including phenoxy) is 2. The summed E-state index contributed by atoms with van der Waals surface area (Å²) in [5.74, 6) is 0.529. The fourth-order valence-corrected chi connectivity index (χ4v) is 3.59. The molecule has 0 aliphatic carbocycles. The highest BCUT2D eigenvalue weighted by molar-refractivity contribution is 5.43. The second-order valence-corrected chi connectivity index (χ2v) is 8.16. The van der Waals surface area contributed by atoms with Crippen molar-refractivity contribution in [3.63, 3.8) is 0 Å². The van der Waals surface area contributed by atoms with Crippen molar-refractivity contribution in [2.75, 3.05) is 26.8 Å². The number of benzene rings is 2. The van der Waals surface area contributed by atoms with Crippen LogP contribution in [0.4, 0.5) is 4.39 Å². The van der Waals surface area contributed by atoms with E-state index in [0.717, 1.165) is 16.9 Å². The van der Waals surface area contributed by atoms with Crippen LogP contribution in [0.1, 0.15) is 25.1 Å². The SMILES string of the molecule is C=CC(C)(O)CN(CCOC)Cc1c(CC)nn(-c2ccccc2)c1Oc1cccc(F)c1. The van der Waals surface area contributed by atoms with Crippen LogP contribution in [0.3, 0.4) is 0 Å². The minimum absolute atomic E-state index is 0.360. The van der Waals surface area contributed by atoms with Gasteiger partial charge in [-0.05, 0) is 37.6 Å². The van der Waals surface area contributed by atoms with E-state index >= 15 is 0 Å². The van der Waals surface area contributed by atoms with Crippen molar-refractivity contribution >= 4 is 0 Å². The van der Waals surface area contributed by atoms with Gasteiger partial charge in [0.15, 0.2) is 0 Å². The third kappa shape index (κ3) is 6.51. The molecule has 3 rings (SSSR count). The van der Waals surface area contributed by atoms with E-state index in [9.17, 15) is 9.50 Å². The lowest BCUT2D eigenvalue weighted by Gasteiger charge is -2.29. The summed E-state index contributed by atoms with van der Waals surface area (Å²) in [7, 11) is 1.65. The molecule has 6 nitrogen and oxygen atoms in total. The monoisotopic (exact) mass is 453 g/mol. The Kier molecular flexibility index (Phi) is 8.38. The summed E-state index contributed by atoms with van der Waals surface area (Å²) in [5.41, 5.74) is 1.51. The highest BCUT2D eigenvalue weighted by Gasteiger charge is 2.26. The van der Waals surface area contributed by atoms with E-state index < -0.39 is 5.60 Å². The average molecular weight is 454 g/mol. The molecule has 1 heterocycles. The van der Waals surface area contributed by atoms with Gasteiger partial charge in [-0.3, -0.25) is 4.90 Å². The minimum Gasteiger partial charge on any atom is -0.438 e. The molecule has 33 heavy (non-hydrogen) atoms.